The molecule has 1 saturated carbocycles. The maximum Gasteiger partial charge on any atom is 0.228 e. The van der Waals surface area contributed by atoms with Crippen LogP contribution >= 0.6 is 0 Å². The molecule has 1 aromatic rings. The van der Waals surface area contributed by atoms with Gasteiger partial charge in [0, 0.05) is 31.4 Å². The summed E-state index contributed by atoms with van der Waals surface area (Å²) in [5.74, 6) is 0.616. The van der Waals surface area contributed by atoms with Gasteiger partial charge in [0.1, 0.15) is 0 Å². The average molecular weight is 263 g/mol. The minimum absolute atomic E-state index is 0.127. The number of hydrogen-bond acceptors (Lipinski definition) is 4. The Kier molecular flexibility index (Phi) is 3.05. The fourth-order valence-electron chi connectivity index (χ4n) is 3.37. The highest BCUT2D eigenvalue weighted by atomic mass is 16.2. The number of aryl methyl sites for hydroxylation is 1. The molecule has 0 radical (unpaired) electrons. The summed E-state index contributed by atoms with van der Waals surface area (Å²) in [5, 5.41) is 7.98. The van der Waals surface area contributed by atoms with Crippen molar-refractivity contribution in [3.63, 3.8) is 0 Å². The van der Waals surface area contributed by atoms with E-state index in [4.69, 9.17) is 5.73 Å². The van der Waals surface area contributed by atoms with Gasteiger partial charge in [-0.2, -0.15) is 0 Å². The zero-order chi connectivity index (χ0) is 13.5. The third kappa shape index (κ3) is 2.25. The molecule has 2 heterocycles. The van der Waals surface area contributed by atoms with Crippen LogP contribution in [-0.4, -0.2) is 44.4 Å². The lowest BCUT2D eigenvalue weighted by atomic mass is 9.92. The van der Waals surface area contributed by atoms with E-state index < -0.39 is 0 Å². The van der Waals surface area contributed by atoms with Crippen LogP contribution < -0.4 is 5.73 Å². The first-order valence-corrected chi connectivity index (χ1v) is 7.06. The largest absolute Gasteiger partial charge is 0.340 e. The number of fused-ring (bicyclic) bond motifs is 1. The maximum absolute atomic E-state index is 12.3. The monoisotopic (exact) mass is 263 g/mol. The van der Waals surface area contributed by atoms with Gasteiger partial charge in [-0.3, -0.25) is 9.48 Å². The number of hydrogen-bond donors (Lipinski definition) is 1. The van der Waals surface area contributed by atoms with Crippen molar-refractivity contribution in [3.8, 4) is 0 Å². The van der Waals surface area contributed by atoms with Gasteiger partial charge in [-0.05, 0) is 25.7 Å². The Balaban J connectivity index is 1.62. The van der Waals surface area contributed by atoms with E-state index in [0.29, 0.717) is 18.9 Å². The molecule has 2 fully saturated rings. The van der Waals surface area contributed by atoms with Crippen LogP contribution in [0.4, 0.5) is 0 Å². The van der Waals surface area contributed by atoms with Crippen LogP contribution in [0.5, 0.6) is 0 Å². The number of rotatable bonds is 3. The number of carbonyl (C=O) groups excluding carboxylic acids is 1. The topological polar surface area (TPSA) is 77.0 Å². The highest BCUT2D eigenvalue weighted by Crippen LogP contribution is 2.39. The van der Waals surface area contributed by atoms with Crippen LogP contribution in [0.2, 0.25) is 0 Å². The number of aromatic nitrogens is 3. The van der Waals surface area contributed by atoms with Gasteiger partial charge in [-0.1, -0.05) is 11.6 Å². The Morgan fingerprint density at radius 1 is 1.63 bits per heavy atom. The van der Waals surface area contributed by atoms with Crippen molar-refractivity contribution < 1.29 is 4.79 Å². The molecule has 1 aliphatic carbocycles. The molecule has 6 nitrogen and oxygen atoms in total. The summed E-state index contributed by atoms with van der Waals surface area (Å²) in [5.41, 5.74) is 7.00. The van der Waals surface area contributed by atoms with E-state index in [-0.39, 0.29) is 11.4 Å². The van der Waals surface area contributed by atoms with Gasteiger partial charge in [-0.25, -0.2) is 0 Å². The van der Waals surface area contributed by atoms with Crippen molar-refractivity contribution in [1.82, 2.24) is 19.9 Å². The summed E-state index contributed by atoms with van der Waals surface area (Å²) in [6.07, 6.45) is 5.59. The fraction of sp³-hybridized carbons (Fsp3) is 0.769. The summed E-state index contributed by atoms with van der Waals surface area (Å²) >= 11 is 0. The second-order valence-corrected chi connectivity index (χ2v) is 5.84. The first kappa shape index (κ1) is 12.6. The molecule has 6 heteroatoms. The number of carbonyl (C=O) groups is 1. The number of likely N-dealkylation sites (tertiary alicyclic amines) is 1. The number of nitrogens with two attached hydrogens (primary N) is 1. The zero-order valence-electron chi connectivity index (χ0n) is 11.4. The molecule has 2 unspecified atom stereocenters. The zero-order valence-corrected chi connectivity index (χ0v) is 11.4. The van der Waals surface area contributed by atoms with Crippen molar-refractivity contribution in [3.05, 3.63) is 11.9 Å². The number of nitrogens with zero attached hydrogens (tertiary/aromatic N) is 4. The van der Waals surface area contributed by atoms with Gasteiger partial charge in [0.25, 0.3) is 0 Å². The highest BCUT2D eigenvalue weighted by molar-refractivity contribution is 5.78. The molecule has 1 aliphatic heterocycles. The molecule has 0 bridgehead atoms. The van der Waals surface area contributed by atoms with Crippen molar-refractivity contribution in [2.24, 2.45) is 11.7 Å². The van der Waals surface area contributed by atoms with Crippen LogP contribution in [0.25, 0.3) is 0 Å². The Labute approximate surface area is 112 Å². The van der Waals surface area contributed by atoms with Crippen molar-refractivity contribution in [2.75, 3.05) is 13.1 Å². The molecule has 0 spiro atoms. The van der Waals surface area contributed by atoms with Gasteiger partial charge in [-0.15, -0.1) is 5.10 Å². The summed E-state index contributed by atoms with van der Waals surface area (Å²) in [7, 11) is 0. The van der Waals surface area contributed by atoms with Crippen LogP contribution in [0.15, 0.2) is 6.20 Å². The minimum Gasteiger partial charge on any atom is -0.340 e. The second-order valence-electron chi connectivity index (χ2n) is 5.84. The summed E-state index contributed by atoms with van der Waals surface area (Å²) in [6, 6.07) is 0. The van der Waals surface area contributed by atoms with E-state index in [1.165, 1.54) is 6.42 Å². The third-order valence-corrected chi connectivity index (χ3v) is 4.53. The number of amides is 1. The SMILES string of the molecule is CCn1cc(CC(=O)N2CC3CCCC3(N)C2)nn1. The second kappa shape index (κ2) is 4.59. The molecule has 3 rings (SSSR count). The molecular weight excluding hydrogens is 242 g/mol. The van der Waals surface area contributed by atoms with Crippen molar-refractivity contribution in [1.29, 1.82) is 0 Å². The maximum atomic E-state index is 12.3. The standard InChI is InChI=1S/C13H21N5O/c1-2-18-8-11(15-16-18)6-12(19)17-7-10-4-3-5-13(10,14)9-17/h8,10H,2-7,9,14H2,1H3. The van der Waals surface area contributed by atoms with Crippen LogP contribution in [-0.2, 0) is 17.8 Å². The quantitative estimate of drug-likeness (QED) is 0.844. The smallest absolute Gasteiger partial charge is 0.228 e. The van der Waals surface area contributed by atoms with Gasteiger partial charge >= 0.3 is 0 Å². The first-order chi connectivity index (χ1) is 9.10. The summed E-state index contributed by atoms with van der Waals surface area (Å²) in [4.78, 5) is 14.2. The van der Waals surface area contributed by atoms with E-state index in [1.807, 2.05) is 18.0 Å². The lowest BCUT2D eigenvalue weighted by molar-refractivity contribution is -0.129. The molecule has 2 aliphatic rings. The van der Waals surface area contributed by atoms with Gasteiger partial charge in [0.2, 0.25) is 5.91 Å². The van der Waals surface area contributed by atoms with Gasteiger partial charge in [0.05, 0.1) is 12.1 Å². The Morgan fingerprint density at radius 3 is 3.16 bits per heavy atom. The van der Waals surface area contributed by atoms with Gasteiger partial charge in [0.15, 0.2) is 0 Å². The van der Waals surface area contributed by atoms with E-state index >= 15 is 0 Å². The van der Waals surface area contributed by atoms with E-state index in [0.717, 1.165) is 31.6 Å². The first-order valence-electron chi connectivity index (χ1n) is 7.06. The van der Waals surface area contributed by atoms with Crippen molar-refractivity contribution >= 4 is 5.91 Å². The lowest BCUT2D eigenvalue weighted by Gasteiger charge is -2.22. The Hall–Kier alpha value is -1.43. The summed E-state index contributed by atoms with van der Waals surface area (Å²) in [6.45, 7) is 4.30. The molecule has 2 N–H and O–H groups in total. The highest BCUT2D eigenvalue weighted by Gasteiger charge is 2.47. The molecule has 2 atom stereocenters. The third-order valence-electron chi connectivity index (χ3n) is 4.53. The van der Waals surface area contributed by atoms with Crippen LogP contribution in [0.3, 0.4) is 0 Å². The Morgan fingerprint density at radius 2 is 2.47 bits per heavy atom. The molecular formula is C13H21N5O. The Bertz CT molecular complexity index is 485. The van der Waals surface area contributed by atoms with E-state index in [2.05, 4.69) is 10.3 Å². The molecule has 1 amide bonds. The predicted molar refractivity (Wildman–Crippen MR) is 70.2 cm³/mol. The lowest BCUT2D eigenvalue weighted by Crippen LogP contribution is -2.45. The normalized spacial score (nSPS) is 29.8. The predicted octanol–water partition coefficient (Wildman–Crippen LogP) is 0.180. The molecule has 19 heavy (non-hydrogen) atoms. The van der Waals surface area contributed by atoms with Crippen molar-refractivity contribution in [2.45, 2.75) is 44.7 Å². The average Bonchev–Trinajstić information content (AvgIpc) is 3.02. The van der Waals surface area contributed by atoms with Crippen LogP contribution in [0.1, 0.15) is 31.9 Å². The molecule has 1 saturated heterocycles. The molecule has 104 valence electrons. The van der Waals surface area contributed by atoms with Gasteiger partial charge < -0.3 is 10.6 Å². The molecule has 0 aromatic carbocycles. The van der Waals surface area contributed by atoms with Crippen LogP contribution in [0, 0.1) is 5.92 Å². The molecule has 1 aromatic heterocycles. The fourth-order valence-corrected chi connectivity index (χ4v) is 3.37. The minimum atomic E-state index is -0.128. The van der Waals surface area contributed by atoms with E-state index in [9.17, 15) is 4.79 Å². The summed E-state index contributed by atoms with van der Waals surface area (Å²) < 4.78 is 1.74. The van der Waals surface area contributed by atoms with E-state index in [1.54, 1.807) is 4.68 Å².